The minimum absolute atomic E-state index is 0.0438. The van der Waals surface area contributed by atoms with Gasteiger partial charge in [-0.15, -0.1) is 0 Å². The Bertz CT molecular complexity index is 1690. The van der Waals surface area contributed by atoms with Crippen LogP contribution >= 0.6 is 0 Å². The van der Waals surface area contributed by atoms with Crippen molar-refractivity contribution in [2.45, 2.75) is 197 Å². The molecular formula is C55H127N21Si2. The first kappa shape index (κ1) is 77.6. The summed E-state index contributed by atoms with van der Waals surface area (Å²) in [5.74, 6) is 5.90. The summed E-state index contributed by atoms with van der Waals surface area (Å²) in [4.78, 5) is 37.2. The summed E-state index contributed by atoms with van der Waals surface area (Å²) >= 11 is 0. The Morgan fingerprint density at radius 1 is 0.526 bits per heavy atom. The number of hydrogen-bond acceptors (Lipinski definition) is 7. The van der Waals surface area contributed by atoms with Gasteiger partial charge >= 0.3 is 0 Å². The van der Waals surface area contributed by atoms with Gasteiger partial charge in [0, 0.05) is 153 Å². The second kappa shape index (κ2) is 38.1. The van der Waals surface area contributed by atoms with Gasteiger partial charge in [0.05, 0.1) is 5.54 Å². The summed E-state index contributed by atoms with van der Waals surface area (Å²) in [7, 11) is 16.9. The topological polar surface area (TPSA) is 221 Å². The van der Waals surface area contributed by atoms with E-state index < -0.39 is 16.5 Å². The van der Waals surface area contributed by atoms with Gasteiger partial charge in [-0.25, -0.2) is 4.99 Å². The molecule has 4 heterocycles. The van der Waals surface area contributed by atoms with Crippen LogP contribution in [0.5, 0.6) is 0 Å². The van der Waals surface area contributed by atoms with E-state index in [9.17, 15) is 0 Å². The van der Waals surface area contributed by atoms with E-state index >= 15 is 0 Å². The number of nitrogens with zero attached hydrogens (tertiary/aromatic N) is 13. The Balaban J connectivity index is -0.000000848. The van der Waals surface area contributed by atoms with E-state index in [4.69, 9.17) is 21.2 Å². The van der Waals surface area contributed by atoms with Gasteiger partial charge in [-0.05, 0) is 142 Å². The maximum atomic E-state index is 7.94. The van der Waals surface area contributed by atoms with Gasteiger partial charge in [-0.3, -0.25) is 30.5 Å². The van der Waals surface area contributed by atoms with E-state index in [1.54, 1.807) is 7.05 Å². The fraction of sp³-hybridized carbons (Fsp3) is 0.873. The molecule has 0 aliphatic carbocycles. The first-order valence-corrected chi connectivity index (χ1v) is 35.6. The van der Waals surface area contributed by atoms with E-state index in [0.29, 0.717) is 24.1 Å². The van der Waals surface area contributed by atoms with Gasteiger partial charge in [-0.2, -0.15) is 0 Å². The molecule has 9 N–H and O–H groups in total. The number of nitrogens with one attached hydrogen (secondary N) is 7. The minimum Gasteiger partial charge on any atom is -0.383 e. The van der Waals surface area contributed by atoms with Crippen molar-refractivity contribution in [2.24, 2.45) is 30.4 Å². The van der Waals surface area contributed by atoms with Crippen molar-refractivity contribution in [2.75, 3.05) is 123 Å². The Kier molecular flexibility index (Phi) is 37.8. The average molecular weight is 1140 g/mol. The highest BCUT2D eigenvalue weighted by atomic mass is 28.3. The van der Waals surface area contributed by atoms with Crippen molar-refractivity contribution in [3.05, 3.63) is 0 Å². The molecule has 0 radical (unpaired) electrons. The first-order chi connectivity index (χ1) is 35.4. The third-order valence-electron chi connectivity index (χ3n) is 9.92. The summed E-state index contributed by atoms with van der Waals surface area (Å²) in [6, 6.07) is 1.41. The Morgan fingerprint density at radius 3 is 1.09 bits per heavy atom. The molecule has 0 aromatic rings. The molecule has 23 heteroatoms. The molecule has 4 rings (SSSR count). The number of aliphatic imine (C=N–C) groups is 4. The van der Waals surface area contributed by atoms with Gasteiger partial charge < -0.3 is 71.2 Å². The fourth-order valence-electron chi connectivity index (χ4n) is 6.50. The summed E-state index contributed by atoms with van der Waals surface area (Å²) in [6.45, 7) is 51.6. The predicted octanol–water partition coefficient (Wildman–Crippen LogP) is 6.69. The maximum absolute atomic E-state index is 7.94. The molecular weight excluding hydrogens is 1010 g/mol. The van der Waals surface area contributed by atoms with Crippen molar-refractivity contribution in [1.82, 2.24) is 65.4 Å². The smallest absolute Gasteiger partial charge is 0.194 e. The Morgan fingerprint density at radius 2 is 0.872 bits per heavy atom. The monoisotopic (exact) mass is 1140 g/mol. The zero-order valence-corrected chi connectivity index (χ0v) is 58.2. The second-order valence-electron chi connectivity index (χ2n) is 26.1. The van der Waals surface area contributed by atoms with Gasteiger partial charge in [0.15, 0.2) is 50.0 Å². The van der Waals surface area contributed by atoms with Crippen LogP contribution in [-0.4, -0.2) is 255 Å². The molecule has 78 heavy (non-hydrogen) atoms. The molecule has 21 nitrogen and oxygen atoms in total. The quantitative estimate of drug-likeness (QED) is 0.0602. The third-order valence-corrected chi connectivity index (χ3v) is 11.8. The molecule has 4 fully saturated rings. The van der Waals surface area contributed by atoms with Crippen LogP contribution in [0.15, 0.2) is 24.6 Å². The van der Waals surface area contributed by atoms with Gasteiger partial charge in [-0.1, -0.05) is 19.6 Å². The number of rotatable bonds is 6. The zero-order valence-electron chi connectivity index (χ0n) is 56.2. The van der Waals surface area contributed by atoms with Crippen LogP contribution in [0.1, 0.15) is 123 Å². The summed E-state index contributed by atoms with van der Waals surface area (Å²) in [5, 5.41) is 27.9. The molecule has 0 atom stereocenters. The SMILES string of the molecule is CC(C)N=C(N)NC(C)C.CC(C)N=C(NC(C)C)N(C)C.CN(C)C(=NC(C)(C)C)NC(C)(C)C.CN(C)C(=N[Si](C)(C)C)N[Si](C)(C)C.CN=C(NC)N(C)C.N=C(N1CC1)N1CC1.N=C(N1CCCC1)N1CCCC1. The highest BCUT2D eigenvalue weighted by Gasteiger charge is 2.31. The number of likely N-dealkylation sites (tertiary alicyclic amines) is 2. The molecule has 460 valence electrons. The average Bonchev–Trinajstić information content (AvgIpc) is 4.16. The lowest BCUT2D eigenvalue weighted by atomic mass is 10.1. The van der Waals surface area contributed by atoms with E-state index in [-0.39, 0.29) is 17.1 Å². The number of guanidine groups is 7. The van der Waals surface area contributed by atoms with Gasteiger partial charge in [0.1, 0.15) is 8.24 Å². The largest absolute Gasteiger partial charge is 0.383 e. The van der Waals surface area contributed by atoms with Crippen molar-refractivity contribution >= 4 is 58.2 Å². The fourth-order valence-corrected chi connectivity index (χ4v) is 8.45. The summed E-state index contributed by atoms with van der Waals surface area (Å²) < 4.78 is 4.80. The molecule has 0 unspecified atom stereocenters. The first-order valence-electron chi connectivity index (χ1n) is 28.7. The van der Waals surface area contributed by atoms with Crippen molar-refractivity contribution < 1.29 is 0 Å². The zero-order chi connectivity index (χ0) is 61.5. The normalized spacial score (nSPS) is 15.8. The molecule has 0 spiro atoms. The summed E-state index contributed by atoms with van der Waals surface area (Å²) in [5.41, 5.74) is 5.52. The van der Waals surface area contributed by atoms with Gasteiger partial charge in [0.2, 0.25) is 0 Å². The Labute approximate surface area is 482 Å². The van der Waals surface area contributed by atoms with E-state index in [0.717, 1.165) is 88.1 Å². The van der Waals surface area contributed by atoms with Crippen LogP contribution < -0.4 is 32.0 Å². The van der Waals surface area contributed by atoms with Crippen LogP contribution in [0, 0.1) is 10.8 Å². The lowest BCUT2D eigenvalue weighted by Gasteiger charge is -2.29. The molecule has 0 bridgehead atoms. The number of hydrogen-bond donors (Lipinski definition) is 8. The second-order valence-corrected chi connectivity index (χ2v) is 35.4. The number of nitrogens with two attached hydrogens (primary N) is 1. The lowest BCUT2D eigenvalue weighted by Crippen LogP contribution is -2.51. The third kappa shape index (κ3) is 46.3. The predicted molar refractivity (Wildman–Crippen MR) is 351 cm³/mol. The highest BCUT2D eigenvalue weighted by molar-refractivity contribution is 6.78. The van der Waals surface area contributed by atoms with E-state index in [1.807, 2.05) is 106 Å². The van der Waals surface area contributed by atoms with Crippen molar-refractivity contribution in [3.63, 3.8) is 0 Å². The minimum atomic E-state index is -1.38. The van der Waals surface area contributed by atoms with Crippen LogP contribution in [0.25, 0.3) is 0 Å². The van der Waals surface area contributed by atoms with Crippen LogP contribution in [0.4, 0.5) is 0 Å². The van der Waals surface area contributed by atoms with Crippen molar-refractivity contribution in [1.29, 1.82) is 10.8 Å². The molecule has 0 saturated carbocycles. The maximum Gasteiger partial charge on any atom is 0.194 e. The van der Waals surface area contributed by atoms with E-state index in [1.165, 1.54) is 25.7 Å². The molecule has 0 amide bonds. The molecule has 4 saturated heterocycles. The molecule has 4 aliphatic heterocycles. The summed E-state index contributed by atoms with van der Waals surface area (Å²) in [6.07, 6.45) is 5.10. The molecule has 4 aliphatic rings. The van der Waals surface area contributed by atoms with Crippen LogP contribution in [-0.2, 0) is 0 Å². The Hall–Kier alpha value is -4.68. The van der Waals surface area contributed by atoms with Crippen LogP contribution in [0.2, 0.25) is 39.3 Å². The standard InChI is InChI=1S/C11H25N3.C9H25N3Si2.C9H17N3.C9H21N3.C7H17N3.C5H9N3.C5H13N3/c1-10(2,3)12-9(14(7)8)13-11(4,5)6;1-12(2)9(10-13(3,4)5)11-14(6,7)8;10-9(11-5-1-2-6-11)12-7-3-4-8-12;1-7(2)10-9(12(5)6)11-8(3)4;1-5(2)9-7(8)10-6(3)4;6-5(7-1-2-7)8-3-4-8;1-6-5(7-2)8(3)4/h1-8H3,(H,12,13);1-8H3,(H,10,11);10H,1-8H2;7-8H,1-6H3,(H,10,11);5-6H,1-4H3,(H3,8,9,10);6H,1-4H2;1-4H3,(H,6,7). The van der Waals surface area contributed by atoms with Crippen LogP contribution in [0.3, 0.4) is 0 Å². The van der Waals surface area contributed by atoms with E-state index in [2.05, 4.69) is 179 Å². The molecule has 0 aromatic carbocycles. The highest BCUT2D eigenvalue weighted by Crippen LogP contribution is 2.15. The van der Waals surface area contributed by atoms with Gasteiger partial charge in [0.25, 0.3) is 0 Å². The lowest BCUT2D eigenvalue weighted by molar-refractivity contribution is 0.390. The molecule has 0 aromatic heterocycles. The van der Waals surface area contributed by atoms with Crippen molar-refractivity contribution in [3.8, 4) is 0 Å².